The van der Waals surface area contributed by atoms with Crippen molar-refractivity contribution in [3.05, 3.63) is 18.2 Å². The first-order valence-corrected chi connectivity index (χ1v) is 15.6. The van der Waals surface area contributed by atoms with Gasteiger partial charge in [0, 0.05) is 5.56 Å². The van der Waals surface area contributed by atoms with E-state index >= 15 is 4.39 Å². The summed E-state index contributed by atoms with van der Waals surface area (Å²) in [6, 6.07) is -1.34. The van der Waals surface area contributed by atoms with Crippen LogP contribution in [0.5, 0.6) is 0 Å². The molecule has 2 fully saturated rings. The smallest absolute Gasteiger partial charge is 0.458 e. The Kier molecular flexibility index (Phi) is 9.58. The van der Waals surface area contributed by atoms with Crippen LogP contribution in [-0.4, -0.2) is 109 Å². The van der Waals surface area contributed by atoms with Gasteiger partial charge in [-0.15, -0.1) is 0 Å². The number of aliphatic hydroxyl groups excluding tert-OH is 5. The lowest BCUT2D eigenvalue weighted by Gasteiger charge is -2.41. The molecule has 22 heteroatoms. The summed E-state index contributed by atoms with van der Waals surface area (Å²) in [4.78, 5) is 17.8. The van der Waals surface area contributed by atoms with Gasteiger partial charge in [0.1, 0.15) is 60.7 Å². The van der Waals surface area contributed by atoms with Crippen LogP contribution in [-0.2, 0) is 32.0 Å². The first-order chi connectivity index (χ1) is 18.7. The minimum absolute atomic E-state index is 0.00887. The molecule has 0 radical (unpaired) electrons. The van der Waals surface area contributed by atoms with Gasteiger partial charge in [0.2, 0.25) is 0 Å². The molecule has 226 valence electrons. The standard InChI is InChI=1S/C18H27FN4O14P2S/c19-8-9(20)7(34-14(8)5-2-32-16-10(5)22-4-23-17(16)21)3-33-39(31,40)37-38(29,30)36-18-13(28)11(26)12(27)15(35-18)6(25)1-24/h2,4,6-9,11-15,18,24-28H,1,3,20H2,(H,29,30)(H,31,40)(H2,21,22,23)/t6-,7+,8+,9+,11?,12?,13?,14-,15?,18?,39?/m0/s1. The summed E-state index contributed by atoms with van der Waals surface area (Å²) in [5.41, 5.74) is 12.0. The molecular weight excluding hydrogens is 609 g/mol. The van der Waals surface area contributed by atoms with Crippen LogP contribution < -0.4 is 11.5 Å². The molecule has 0 spiro atoms. The van der Waals surface area contributed by atoms with E-state index in [4.69, 9.17) is 35.0 Å². The summed E-state index contributed by atoms with van der Waals surface area (Å²) in [6.45, 7) is -6.48. The van der Waals surface area contributed by atoms with Crippen molar-refractivity contribution in [1.82, 2.24) is 9.97 Å². The van der Waals surface area contributed by atoms with Crippen molar-refractivity contribution in [2.45, 2.75) is 61.2 Å². The monoisotopic (exact) mass is 636 g/mol. The SMILES string of the molecule is Nc1ncnc2c([C@@H]3O[C@H](COP(=O)(S)OP(=O)(O)OC4OC([C@@H](O)CO)C(O)C(O)C4O)[C@@H](N)[C@H]3F)coc12. The molecule has 12 atom stereocenters. The second kappa shape index (κ2) is 12.1. The lowest BCUT2D eigenvalue weighted by Crippen LogP contribution is -2.61. The third kappa shape index (κ3) is 6.51. The van der Waals surface area contributed by atoms with Crippen LogP contribution in [0.25, 0.3) is 11.1 Å². The maximum absolute atomic E-state index is 15.0. The van der Waals surface area contributed by atoms with Crippen molar-refractivity contribution in [2.24, 2.45) is 5.73 Å². The third-order valence-corrected chi connectivity index (χ3v) is 9.75. The van der Waals surface area contributed by atoms with Gasteiger partial charge in [0.25, 0.3) is 0 Å². The van der Waals surface area contributed by atoms with Crippen LogP contribution in [0.2, 0.25) is 0 Å². The lowest BCUT2D eigenvalue weighted by atomic mass is 9.96. The molecule has 0 saturated carbocycles. The molecule has 0 aliphatic carbocycles. The molecule has 4 rings (SSSR count). The molecule has 2 aromatic rings. The number of aromatic nitrogens is 2. The van der Waals surface area contributed by atoms with Gasteiger partial charge in [-0.3, -0.25) is 9.05 Å². The first-order valence-electron chi connectivity index (χ1n) is 11.4. The number of hydrogen-bond donors (Lipinski definition) is 9. The Morgan fingerprint density at radius 3 is 2.55 bits per heavy atom. The maximum Gasteiger partial charge on any atom is 0.482 e. The summed E-state index contributed by atoms with van der Waals surface area (Å²) in [6.07, 6.45) is -14.0. The second-order valence-electron chi connectivity index (χ2n) is 8.86. The Morgan fingerprint density at radius 1 is 1.18 bits per heavy atom. The number of nitrogens with zero attached hydrogens (tertiary/aromatic N) is 2. The molecule has 0 amide bonds. The number of aliphatic hydroxyl groups is 5. The molecular formula is C18H27FN4O14P2S. The van der Waals surface area contributed by atoms with Gasteiger partial charge < -0.3 is 55.8 Å². The van der Waals surface area contributed by atoms with Gasteiger partial charge in [-0.25, -0.2) is 23.5 Å². The number of fused-ring (bicyclic) bond motifs is 1. The molecule has 18 nitrogen and oxygen atoms in total. The van der Waals surface area contributed by atoms with E-state index in [2.05, 4.69) is 31.1 Å². The maximum atomic E-state index is 15.0. The molecule has 2 aliphatic rings. The van der Waals surface area contributed by atoms with Crippen LogP contribution in [0, 0.1) is 0 Å². The van der Waals surface area contributed by atoms with Crippen LogP contribution in [0.3, 0.4) is 0 Å². The van der Waals surface area contributed by atoms with E-state index in [9.17, 15) is 34.4 Å². The number of thiol groups is 1. The minimum Gasteiger partial charge on any atom is -0.458 e. The number of ether oxygens (including phenoxy) is 2. The van der Waals surface area contributed by atoms with Gasteiger partial charge in [0.05, 0.1) is 25.5 Å². The Balaban J connectivity index is 1.38. The highest BCUT2D eigenvalue weighted by atomic mass is 32.7. The molecule has 40 heavy (non-hydrogen) atoms. The molecule has 0 aromatic carbocycles. The number of anilines is 1. The number of furan rings is 1. The van der Waals surface area contributed by atoms with Crippen molar-refractivity contribution in [1.29, 1.82) is 0 Å². The van der Waals surface area contributed by atoms with Crippen molar-refractivity contribution < 1.29 is 71.2 Å². The van der Waals surface area contributed by atoms with Gasteiger partial charge in [-0.2, -0.15) is 4.31 Å². The molecule has 0 bridgehead atoms. The summed E-state index contributed by atoms with van der Waals surface area (Å²) in [5, 5.41) is 48.7. The number of nitrogens with two attached hydrogens (primary N) is 2. The van der Waals surface area contributed by atoms with Crippen molar-refractivity contribution in [2.75, 3.05) is 18.9 Å². The fourth-order valence-corrected chi connectivity index (χ4v) is 7.29. The number of halogens is 1. The first kappa shape index (κ1) is 31.6. The molecule has 4 heterocycles. The lowest BCUT2D eigenvalue weighted by molar-refractivity contribution is -0.292. The van der Waals surface area contributed by atoms with E-state index in [0.29, 0.717) is 0 Å². The summed E-state index contributed by atoms with van der Waals surface area (Å²) < 4.78 is 70.0. The highest BCUT2D eigenvalue weighted by Crippen LogP contribution is 2.66. The van der Waals surface area contributed by atoms with Gasteiger partial charge >= 0.3 is 14.6 Å². The number of phosphoric acid groups is 1. The van der Waals surface area contributed by atoms with E-state index < -0.39 is 89.1 Å². The fraction of sp³-hybridized carbons (Fsp3) is 0.667. The Labute approximate surface area is 229 Å². The van der Waals surface area contributed by atoms with E-state index in [1.165, 1.54) is 0 Å². The van der Waals surface area contributed by atoms with E-state index in [1.54, 1.807) is 0 Å². The summed E-state index contributed by atoms with van der Waals surface area (Å²) in [5.74, 6) is 0.00887. The van der Waals surface area contributed by atoms with Gasteiger partial charge in [-0.1, -0.05) is 12.2 Å². The number of alkyl halides is 1. The predicted molar refractivity (Wildman–Crippen MR) is 131 cm³/mol. The van der Waals surface area contributed by atoms with Crippen LogP contribution >= 0.6 is 26.9 Å². The van der Waals surface area contributed by atoms with Gasteiger partial charge in [0.15, 0.2) is 17.7 Å². The average Bonchev–Trinajstić information content (AvgIpc) is 3.43. The van der Waals surface area contributed by atoms with Crippen LogP contribution in [0.15, 0.2) is 17.0 Å². The summed E-state index contributed by atoms with van der Waals surface area (Å²) >= 11 is 3.58. The van der Waals surface area contributed by atoms with E-state index in [-0.39, 0.29) is 22.5 Å². The Bertz CT molecular complexity index is 1290. The molecule has 2 aliphatic heterocycles. The second-order valence-corrected chi connectivity index (χ2v) is 13.3. The number of nitrogen functional groups attached to an aromatic ring is 1. The van der Waals surface area contributed by atoms with Crippen LogP contribution in [0.1, 0.15) is 11.7 Å². The number of rotatable bonds is 10. The zero-order valence-corrected chi connectivity index (χ0v) is 22.7. The average molecular weight is 636 g/mol. The van der Waals surface area contributed by atoms with Crippen molar-refractivity contribution in [3.8, 4) is 0 Å². The quantitative estimate of drug-likeness (QED) is 0.103. The highest BCUT2D eigenvalue weighted by Gasteiger charge is 2.51. The molecule has 10 N–H and O–H groups in total. The molecule has 7 unspecified atom stereocenters. The predicted octanol–water partition coefficient (Wildman–Crippen LogP) is -1.74. The largest absolute Gasteiger partial charge is 0.482 e. The molecule has 2 aromatic heterocycles. The molecule has 2 saturated heterocycles. The van der Waals surface area contributed by atoms with Crippen molar-refractivity contribution >= 4 is 43.8 Å². The van der Waals surface area contributed by atoms with E-state index in [0.717, 1.165) is 12.6 Å². The normalized spacial score (nSPS) is 36.8. The van der Waals surface area contributed by atoms with Crippen molar-refractivity contribution in [3.63, 3.8) is 0 Å². The zero-order valence-electron chi connectivity index (χ0n) is 20.1. The highest BCUT2D eigenvalue weighted by molar-refractivity contribution is 8.45. The number of hydrogen-bond acceptors (Lipinski definition) is 17. The zero-order chi connectivity index (χ0) is 29.6. The third-order valence-electron chi connectivity index (χ3n) is 6.14. The Morgan fingerprint density at radius 2 is 1.88 bits per heavy atom. The summed E-state index contributed by atoms with van der Waals surface area (Å²) in [7, 11) is -5.47. The Hall–Kier alpha value is -1.32. The topological polar surface area (TPSA) is 293 Å². The fourth-order valence-electron chi connectivity index (χ4n) is 4.10. The van der Waals surface area contributed by atoms with Crippen LogP contribution in [0.4, 0.5) is 10.2 Å². The minimum atomic E-state index is -5.47. The number of phosphoric ester groups is 1. The van der Waals surface area contributed by atoms with Gasteiger partial charge in [-0.05, 0) is 0 Å². The van der Waals surface area contributed by atoms with E-state index in [1.807, 2.05) is 0 Å².